The van der Waals surface area contributed by atoms with Crippen molar-refractivity contribution in [3.63, 3.8) is 0 Å². The topological polar surface area (TPSA) is 61.9 Å². The lowest BCUT2D eigenvalue weighted by Crippen LogP contribution is -2.12. The fourth-order valence-electron chi connectivity index (χ4n) is 1.82. The number of hydrogen-bond donors (Lipinski definition) is 3. The molecule has 2 aromatic rings. The van der Waals surface area contributed by atoms with Crippen LogP contribution < -0.4 is 15.4 Å². The smallest absolute Gasteiger partial charge is 0.229 e. The Bertz CT molecular complexity index is 607. The van der Waals surface area contributed by atoms with Crippen molar-refractivity contribution in [3.05, 3.63) is 34.0 Å². The summed E-state index contributed by atoms with van der Waals surface area (Å²) in [5, 5.41) is 6.59. The monoisotopic (exact) mass is 399 g/mol. The van der Waals surface area contributed by atoms with Crippen LogP contribution in [0.5, 0.6) is 0 Å². The first kappa shape index (κ1) is 13.9. The van der Waals surface area contributed by atoms with Crippen LogP contribution in [-0.2, 0) is 0 Å². The second kappa shape index (κ2) is 6.59. The van der Waals surface area contributed by atoms with Crippen molar-refractivity contribution in [1.29, 1.82) is 0 Å². The summed E-state index contributed by atoms with van der Waals surface area (Å²) in [5.41, 5.74) is 0.989. The highest BCUT2D eigenvalue weighted by atomic mass is 127. The van der Waals surface area contributed by atoms with Crippen LogP contribution in [0.4, 0.5) is 17.5 Å². The maximum atomic E-state index is 4.52. The van der Waals surface area contributed by atoms with Gasteiger partial charge in [-0.15, -0.1) is 0 Å². The number of anilines is 3. The first-order valence-corrected chi connectivity index (χ1v) is 8.24. The Morgan fingerprint density at radius 3 is 3.15 bits per heavy atom. The van der Waals surface area contributed by atoms with E-state index >= 15 is 0 Å². The molecule has 0 saturated carbocycles. The largest absolute Gasteiger partial charge is 0.369 e. The molecule has 0 saturated heterocycles. The van der Waals surface area contributed by atoms with Crippen molar-refractivity contribution in [2.75, 3.05) is 23.7 Å². The summed E-state index contributed by atoms with van der Waals surface area (Å²) in [5.74, 6) is 1.49. The van der Waals surface area contributed by atoms with E-state index in [1.165, 1.54) is 4.90 Å². The van der Waals surface area contributed by atoms with Crippen molar-refractivity contribution in [2.45, 2.75) is 11.3 Å². The minimum Gasteiger partial charge on any atom is -0.369 e. The molecule has 7 heteroatoms. The number of nitrogens with one attached hydrogen (secondary N) is 3. The molecule has 5 nitrogen and oxygen atoms in total. The molecule has 0 aliphatic carbocycles. The van der Waals surface area contributed by atoms with Crippen molar-refractivity contribution >= 4 is 52.0 Å². The van der Waals surface area contributed by atoms with Gasteiger partial charge in [-0.25, -0.2) is 4.98 Å². The van der Waals surface area contributed by atoms with E-state index in [1.807, 2.05) is 18.3 Å². The average Bonchev–Trinajstić information content (AvgIpc) is 2.46. The summed E-state index contributed by atoms with van der Waals surface area (Å²) in [4.78, 5) is 10.0. The molecule has 3 N–H and O–H groups in total. The van der Waals surface area contributed by atoms with Gasteiger partial charge in [0.15, 0.2) is 0 Å². The summed E-state index contributed by atoms with van der Waals surface area (Å²) in [6.07, 6.45) is 2.87. The fourth-order valence-corrected chi connectivity index (χ4v) is 3.02. The molecule has 1 aromatic carbocycles. The molecular formula is C13H14IN5S. The highest BCUT2D eigenvalue weighted by molar-refractivity contribution is 14.1. The van der Waals surface area contributed by atoms with Gasteiger partial charge in [-0.2, -0.15) is 4.98 Å². The van der Waals surface area contributed by atoms with E-state index in [1.54, 1.807) is 11.9 Å². The molecule has 3 rings (SSSR count). The molecule has 0 fully saturated rings. The van der Waals surface area contributed by atoms with Crippen LogP contribution in [0.1, 0.15) is 6.42 Å². The SMILES string of the molecule is Ic1cnc2nc1NCCCNSc1cccc(c1)N2. The third-order valence-electron chi connectivity index (χ3n) is 2.77. The molecule has 0 spiro atoms. The number of nitrogens with zero attached hydrogens (tertiary/aromatic N) is 2. The summed E-state index contributed by atoms with van der Waals surface area (Å²) >= 11 is 3.89. The predicted molar refractivity (Wildman–Crippen MR) is 91.4 cm³/mol. The Balaban J connectivity index is 1.93. The first-order valence-electron chi connectivity index (χ1n) is 6.34. The maximum absolute atomic E-state index is 4.52. The number of halogens is 1. The number of hydrogen-bond acceptors (Lipinski definition) is 6. The molecule has 0 atom stereocenters. The second-order valence-electron chi connectivity index (χ2n) is 4.32. The van der Waals surface area contributed by atoms with Gasteiger partial charge in [-0.05, 0) is 59.2 Å². The Hall–Kier alpha value is -1.06. The van der Waals surface area contributed by atoms with Gasteiger partial charge in [0, 0.05) is 29.9 Å². The molecular weight excluding hydrogens is 385 g/mol. The number of rotatable bonds is 0. The van der Waals surface area contributed by atoms with E-state index < -0.39 is 0 Å². The molecule has 0 radical (unpaired) electrons. The van der Waals surface area contributed by atoms with Gasteiger partial charge < -0.3 is 10.6 Å². The predicted octanol–water partition coefficient (Wildman–Crippen LogP) is 3.24. The third kappa shape index (κ3) is 3.53. The molecule has 0 amide bonds. The van der Waals surface area contributed by atoms with Crippen LogP contribution in [-0.4, -0.2) is 23.1 Å². The Kier molecular flexibility index (Phi) is 4.58. The zero-order valence-corrected chi connectivity index (χ0v) is 13.7. The Labute approximate surface area is 135 Å². The van der Waals surface area contributed by atoms with Gasteiger partial charge in [-0.3, -0.25) is 4.72 Å². The summed E-state index contributed by atoms with van der Waals surface area (Å²) in [7, 11) is 0. The van der Waals surface area contributed by atoms with Crippen molar-refractivity contribution < 1.29 is 0 Å². The van der Waals surface area contributed by atoms with Crippen molar-refractivity contribution in [3.8, 4) is 0 Å². The summed E-state index contributed by atoms with van der Waals surface area (Å²) in [6.45, 7) is 1.83. The molecule has 0 unspecified atom stereocenters. The molecule has 1 aliphatic rings. The first-order chi connectivity index (χ1) is 9.81. The summed E-state index contributed by atoms with van der Waals surface area (Å²) < 4.78 is 4.39. The molecule has 1 aliphatic heterocycles. The lowest BCUT2D eigenvalue weighted by Gasteiger charge is -2.09. The van der Waals surface area contributed by atoms with E-state index in [9.17, 15) is 0 Å². The highest BCUT2D eigenvalue weighted by Gasteiger charge is 2.06. The maximum Gasteiger partial charge on any atom is 0.229 e. The Morgan fingerprint density at radius 1 is 1.25 bits per heavy atom. The van der Waals surface area contributed by atoms with Gasteiger partial charge in [0.05, 0.1) is 3.57 Å². The van der Waals surface area contributed by atoms with E-state index in [4.69, 9.17) is 0 Å². The number of benzene rings is 1. The van der Waals surface area contributed by atoms with Crippen LogP contribution in [0.25, 0.3) is 0 Å². The fraction of sp³-hybridized carbons (Fsp3) is 0.231. The zero-order valence-electron chi connectivity index (χ0n) is 10.7. The molecule has 104 valence electrons. The third-order valence-corrected chi connectivity index (χ3v) is 4.40. The van der Waals surface area contributed by atoms with Crippen LogP contribution >= 0.6 is 34.5 Å². The van der Waals surface area contributed by atoms with E-state index in [2.05, 4.69) is 60.0 Å². The zero-order chi connectivity index (χ0) is 13.8. The van der Waals surface area contributed by atoms with Crippen LogP contribution in [0.3, 0.4) is 0 Å². The second-order valence-corrected chi connectivity index (χ2v) is 6.45. The van der Waals surface area contributed by atoms with Crippen LogP contribution in [0.15, 0.2) is 35.4 Å². The quantitative estimate of drug-likeness (QED) is 0.467. The standard InChI is InChI=1S/C13H14IN5S/c14-11-8-16-13-18-9-3-1-4-10(7-9)20-17-6-2-5-15-12(11)19-13/h1,3-4,7-8,17H,2,5-6H2,(H2,15,16,18,19). The molecule has 20 heavy (non-hydrogen) atoms. The normalized spacial score (nSPS) is 15.1. The minimum absolute atomic E-state index is 0.613. The Morgan fingerprint density at radius 2 is 2.20 bits per heavy atom. The van der Waals surface area contributed by atoms with E-state index in [0.717, 1.165) is 34.6 Å². The number of aromatic nitrogens is 2. The van der Waals surface area contributed by atoms with Crippen LogP contribution in [0, 0.1) is 3.57 Å². The van der Waals surface area contributed by atoms with Crippen LogP contribution in [0.2, 0.25) is 0 Å². The molecule has 2 heterocycles. The van der Waals surface area contributed by atoms with Crippen molar-refractivity contribution in [1.82, 2.24) is 14.7 Å². The van der Waals surface area contributed by atoms with Gasteiger partial charge in [0.2, 0.25) is 5.95 Å². The lowest BCUT2D eigenvalue weighted by atomic mass is 10.3. The lowest BCUT2D eigenvalue weighted by molar-refractivity contribution is 0.829. The average molecular weight is 399 g/mol. The van der Waals surface area contributed by atoms with Gasteiger partial charge in [-0.1, -0.05) is 6.07 Å². The summed E-state index contributed by atoms with van der Waals surface area (Å²) in [6, 6.07) is 8.21. The molecule has 4 bridgehead atoms. The van der Waals surface area contributed by atoms with Gasteiger partial charge >= 0.3 is 0 Å². The van der Waals surface area contributed by atoms with Crippen molar-refractivity contribution in [2.24, 2.45) is 0 Å². The van der Waals surface area contributed by atoms with Gasteiger partial charge in [0.1, 0.15) is 5.82 Å². The highest BCUT2D eigenvalue weighted by Crippen LogP contribution is 2.23. The van der Waals surface area contributed by atoms with E-state index in [0.29, 0.717) is 5.95 Å². The minimum atomic E-state index is 0.613. The molecule has 1 aromatic heterocycles. The van der Waals surface area contributed by atoms with Gasteiger partial charge in [0.25, 0.3) is 0 Å². The van der Waals surface area contributed by atoms with E-state index in [-0.39, 0.29) is 0 Å². The number of fused-ring (bicyclic) bond motifs is 4.